The Morgan fingerprint density at radius 2 is 2.07 bits per heavy atom. The molecule has 0 spiro atoms. The van der Waals surface area contributed by atoms with Crippen molar-refractivity contribution in [3.8, 4) is 0 Å². The molecule has 0 aromatic carbocycles. The van der Waals surface area contributed by atoms with Crippen molar-refractivity contribution in [1.82, 2.24) is 20.1 Å². The van der Waals surface area contributed by atoms with E-state index in [1.807, 2.05) is 13.8 Å². The first-order valence-electron chi connectivity index (χ1n) is 9.47. The number of halogens is 4. The fraction of sp³-hybridized carbons (Fsp3) is 0.778. The van der Waals surface area contributed by atoms with Crippen molar-refractivity contribution in [3.05, 3.63) is 15.6 Å². The number of likely N-dealkylation sites (tertiary alicyclic amines) is 1. The maximum Gasteiger partial charge on any atom is 0.401 e. The van der Waals surface area contributed by atoms with Crippen LogP contribution in [0.2, 0.25) is 0 Å². The maximum atomic E-state index is 12.7. The molecule has 162 valence electrons. The van der Waals surface area contributed by atoms with Gasteiger partial charge in [0.05, 0.1) is 18.8 Å². The fourth-order valence-corrected chi connectivity index (χ4v) is 4.13. The van der Waals surface area contributed by atoms with Gasteiger partial charge in [-0.15, -0.1) is 35.3 Å². The summed E-state index contributed by atoms with van der Waals surface area (Å²) in [5.74, 6) is 1.05. The summed E-state index contributed by atoms with van der Waals surface area (Å²) in [6.07, 6.45) is -3.26. The molecule has 2 rings (SSSR count). The molecule has 0 saturated carbocycles. The minimum atomic E-state index is -4.14. The number of hydrogen-bond acceptors (Lipinski definition) is 4. The van der Waals surface area contributed by atoms with Crippen molar-refractivity contribution >= 4 is 41.3 Å². The van der Waals surface area contributed by atoms with Crippen molar-refractivity contribution in [1.29, 1.82) is 0 Å². The zero-order valence-corrected chi connectivity index (χ0v) is 20.1. The summed E-state index contributed by atoms with van der Waals surface area (Å²) in [5.41, 5.74) is 1.04. The molecule has 1 unspecified atom stereocenters. The van der Waals surface area contributed by atoms with Gasteiger partial charge in [0, 0.05) is 31.1 Å². The highest BCUT2D eigenvalue weighted by Gasteiger charge is 2.33. The van der Waals surface area contributed by atoms with Crippen LogP contribution in [0, 0.1) is 19.8 Å². The van der Waals surface area contributed by atoms with Crippen molar-refractivity contribution in [2.75, 3.05) is 39.3 Å². The number of aromatic nitrogens is 1. The number of aliphatic imine (C=N–C) groups is 1. The summed E-state index contributed by atoms with van der Waals surface area (Å²) >= 11 is 1.66. The van der Waals surface area contributed by atoms with Gasteiger partial charge in [-0.1, -0.05) is 6.92 Å². The molecule has 0 aliphatic carbocycles. The number of nitrogens with zero attached hydrogens (tertiary/aromatic N) is 4. The molecule has 1 aromatic rings. The van der Waals surface area contributed by atoms with Gasteiger partial charge in [-0.3, -0.25) is 4.90 Å². The summed E-state index contributed by atoms with van der Waals surface area (Å²) in [5, 5.41) is 4.29. The Balaban J connectivity index is 0.00000392. The molecule has 0 radical (unpaired) electrons. The Morgan fingerprint density at radius 1 is 1.36 bits per heavy atom. The molecule has 1 aliphatic heterocycles. The third-order valence-electron chi connectivity index (χ3n) is 4.72. The SMILES string of the molecule is CCNC(=NCc1nc(C)c(C)s1)N1CCC(CN(CC)CC(F)(F)F)C1.I. The molecule has 1 atom stereocenters. The largest absolute Gasteiger partial charge is 0.401 e. The Morgan fingerprint density at radius 3 is 2.61 bits per heavy atom. The molecule has 10 heteroatoms. The van der Waals surface area contributed by atoms with E-state index in [0.29, 0.717) is 19.6 Å². The minimum absolute atomic E-state index is 0. The second-order valence-electron chi connectivity index (χ2n) is 6.96. The standard InChI is InChI=1S/C18H30F3N5S.HI/c1-5-22-17(23-9-16-24-13(3)14(4)27-16)26-8-7-15(11-26)10-25(6-2)12-18(19,20)21;/h15H,5-12H2,1-4H3,(H,22,23);1H. The minimum Gasteiger partial charge on any atom is -0.357 e. The van der Waals surface area contributed by atoms with Crippen LogP contribution in [0.1, 0.15) is 35.8 Å². The van der Waals surface area contributed by atoms with E-state index in [1.165, 1.54) is 9.78 Å². The average Bonchev–Trinajstić information content (AvgIpc) is 3.16. The Labute approximate surface area is 186 Å². The summed E-state index contributed by atoms with van der Waals surface area (Å²) in [6, 6.07) is 0. The topological polar surface area (TPSA) is 43.8 Å². The van der Waals surface area contributed by atoms with E-state index in [2.05, 4.69) is 22.1 Å². The monoisotopic (exact) mass is 533 g/mol. The van der Waals surface area contributed by atoms with Crippen LogP contribution in [0.25, 0.3) is 0 Å². The smallest absolute Gasteiger partial charge is 0.357 e. The van der Waals surface area contributed by atoms with Crippen LogP contribution in [-0.4, -0.2) is 66.2 Å². The van der Waals surface area contributed by atoms with Crippen molar-refractivity contribution < 1.29 is 13.2 Å². The van der Waals surface area contributed by atoms with E-state index >= 15 is 0 Å². The van der Waals surface area contributed by atoms with Crippen molar-refractivity contribution in [2.24, 2.45) is 10.9 Å². The summed E-state index contributed by atoms with van der Waals surface area (Å²) in [6.45, 7) is 10.7. The molecule has 0 bridgehead atoms. The number of guanidine groups is 1. The van der Waals surface area contributed by atoms with Crippen molar-refractivity contribution in [2.45, 2.75) is 46.8 Å². The highest BCUT2D eigenvalue weighted by atomic mass is 127. The number of aryl methyl sites for hydroxylation is 2. The van der Waals surface area contributed by atoms with Gasteiger partial charge in [-0.25, -0.2) is 9.98 Å². The highest BCUT2D eigenvalue weighted by Crippen LogP contribution is 2.22. The molecule has 0 amide bonds. The fourth-order valence-electron chi connectivity index (χ4n) is 3.27. The summed E-state index contributed by atoms with van der Waals surface area (Å²) < 4.78 is 38.0. The number of rotatable bonds is 7. The lowest BCUT2D eigenvalue weighted by atomic mass is 10.1. The molecule has 1 aliphatic rings. The van der Waals surface area contributed by atoms with Gasteiger partial charge < -0.3 is 10.2 Å². The number of hydrogen-bond donors (Lipinski definition) is 1. The quantitative estimate of drug-likeness (QED) is 0.327. The van der Waals surface area contributed by atoms with Gasteiger partial charge in [-0.05, 0) is 39.7 Å². The zero-order chi connectivity index (χ0) is 20.0. The molecule has 1 saturated heterocycles. The summed E-state index contributed by atoms with van der Waals surface area (Å²) in [4.78, 5) is 14.1. The first-order valence-corrected chi connectivity index (χ1v) is 10.3. The van der Waals surface area contributed by atoms with Crippen LogP contribution in [0.4, 0.5) is 13.2 Å². The van der Waals surface area contributed by atoms with Gasteiger partial charge in [0.15, 0.2) is 5.96 Å². The molecule has 1 N–H and O–H groups in total. The third kappa shape index (κ3) is 8.02. The lowest BCUT2D eigenvalue weighted by Crippen LogP contribution is -2.41. The van der Waals surface area contributed by atoms with Crippen LogP contribution < -0.4 is 5.32 Å². The molecule has 2 heterocycles. The van der Waals surface area contributed by atoms with Crippen LogP contribution >= 0.6 is 35.3 Å². The van der Waals surface area contributed by atoms with Gasteiger partial charge in [0.1, 0.15) is 5.01 Å². The number of nitrogens with one attached hydrogen (secondary N) is 1. The van der Waals surface area contributed by atoms with E-state index in [1.54, 1.807) is 18.3 Å². The van der Waals surface area contributed by atoms with Crippen LogP contribution in [0.15, 0.2) is 4.99 Å². The van der Waals surface area contributed by atoms with Gasteiger partial charge in [0.25, 0.3) is 0 Å². The lowest BCUT2D eigenvalue weighted by Gasteiger charge is -2.26. The van der Waals surface area contributed by atoms with Crippen LogP contribution in [-0.2, 0) is 6.54 Å². The second-order valence-corrected chi connectivity index (χ2v) is 8.25. The Bertz CT molecular complexity index is 616. The first kappa shape index (κ1) is 25.4. The average molecular weight is 533 g/mol. The van der Waals surface area contributed by atoms with E-state index in [0.717, 1.165) is 42.7 Å². The van der Waals surface area contributed by atoms with E-state index in [4.69, 9.17) is 4.99 Å². The van der Waals surface area contributed by atoms with Crippen LogP contribution in [0.3, 0.4) is 0 Å². The number of thiazole rings is 1. The number of alkyl halides is 3. The molecule has 28 heavy (non-hydrogen) atoms. The predicted molar refractivity (Wildman–Crippen MR) is 120 cm³/mol. The molecule has 1 fully saturated rings. The zero-order valence-electron chi connectivity index (χ0n) is 17.0. The lowest BCUT2D eigenvalue weighted by molar-refractivity contribution is -0.146. The molecular formula is C18H31F3IN5S. The van der Waals surface area contributed by atoms with Gasteiger partial charge in [-0.2, -0.15) is 13.2 Å². The van der Waals surface area contributed by atoms with Crippen molar-refractivity contribution in [3.63, 3.8) is 0 Å². The van der Waals surface area contributed by atoms with Gasteiger partial charge in [0.2, 0.25) is 0 Å². The van der Waals surface area contributed by atoms with Crippen LogP contribution in [0.5, 0.6) is 0 Å². The molecule has 1 aromatic heterocycles. The normalized spacial score (nSPS) is 17.9. The molecule has 5 nitrogen and oxygen atoms in total. The second kappa shape index (κ2) is 11.5. The Kier molecular flexibility index (Phi) is 10.5. The van der Waals surface area contributed by atoms with E-state index < -0.39 is 12.7 Å². The Hall–Kier alpha value is -0.620. The third-order valence-corrected chi connectivity index (χ3v) is 5.78. The maximum absolute atomic E-state index is 12.7. The van der Waals surface area contributed by atoms with E-state index in [9.17, 15) is 13.2 Å². The predicted octanol–water partition coefficient (Wildman–Crippen LogP) is 4.05. The summed E-state index contributed by atoms with van der Waals surface area (Å²) in [7, 11) is 0. The molecular weight excluding hydrogens is 502 g/mol. The van der Waals surface area contributed by atoms with E-state index in [-0.39, 0.29) is 29.9 Å². The first-order chi connectivity index (χ1) is 12.7. The highest BCUT2D eigenvalue weighted by molar-refractivity contribution is 14.0. The van der Waals surface area contributed by atoms with Gasteiger partial charge >= 0.3 is 6.18 Å².